The molecule has 2 N–H and O–H groups in total. The molecule has 1 aliphatic rings. The van der Waals surface area contributed by atoms with Crippen molar-refractivity contribution in [2.45, 2.75) is 52.0 Å². The first-order chi connectivity index (χ1) is 16.5. The predicted octanol–water partition coefficient (Wildman–Crippen LogP) is 5.83. The van der Waals surface area contributed by atoms with Gasteiger partial charge in [0.15, 0.2) is 11.5 Å². The fraction of sp³-hybridized carbons (Fsp3) is 0.519. The molecule has 1 saturated heterocycles. The Bertz CT molecular complexity index is 918. The molecule has 1 unspecified atom stereocenters. The van der Waals surface area contributed by atoms with E-state index in [1.807, 2.05) is 36.4 Å². The summed E-state index contributed by atoms with van der Waals surface area (Å²) >= 11 is 0. The van der Waals surface area contributed by atoms with Crippen LogP contribution in [0.5, 0.6) is 17.2 Å². The number of rotatable bonds is 11. The second-order valence-corrected chi connectivity index (χ2v) is 9.11. The summed E-state index contributed by atoms with van der Waals surface area (Å²) in [6.45, 7) is 6.41. The first kappa shape index (κ1) is 25.7. The Balaban J connectivity index is 1.57. The molecule has 186 valence electrons. The van der Waals surface area contributed by atoms with Crippen molar-refractivity contribution in [3.8, 4) is 17.2 Å². The zero-order chi connectivity index (χ0) is 24.3. The molecule has 2 amide bonds. The smallest absolute Gasteiger partial charge is 0.320 e. The number of amides is 2. The molecule has 0 bridgehead atoms. The standard InChI is InChI=1S/C27H39N3O4/c1-20(2)10-9-17-34-26-18-21(14-15-25(26)33-4)29-27(31)28-19-30-16-8-7-12-23(30)22-11-5-6-13-24(22)32-3/h5-6,11,13-15,18,20,23H,7-10,12,16-17,19H2,1-4H3,(H2,28,29,31). The average molecular weight is 470 g/mol. The average Bonchev–Trinajstić information content (AvgIpc) is 2.85. The van der Waals surface area contributed by atoms with E-state index in [9.17, 15) is 4.79 Å². The second-order valence-electron chi connectivity index (χ2n) is 9.11. The third kappa shape index (κ3) is 7.29. The number of anilines is 1. The lowest BCUT2D eigenvalue weighted by atomic mass is 9.95. The van der Waals surface area contributed by atoms with Crippen LogP contribution >= 0.6 is 0 Å². The SMILES string of the molecule is COc1ccc(NC(=O)NCN2CCCCC2c2ccccc2OC)cc1OCCCC(C)C. The Kier molecular flexibility index (Phi) is 9.89. The summed E-state index contributed by atoms with van der Waals surface area (Å²) < 4.78 is 16.9. The number of carbonyl (C=O) groups is 1. The number of methoxy groups -OCH3 is 2. The van der Waals surface area contributed by atoms with Gasteiger partial charge in [0.2, 0.25) is 0 Å². The Morgan fingerprint density at radius 1 is 1.06 bits per heavy atom. The van der Waals surface area contributed by atoms with E-state index in [-0.39, 0.29) is 12.1 Å². The monoisotopic (exact) mass is 469 g/mol. The van der Waals surface area contributed by atoms with Crippen LogP contribution in [0.15, 0.2) is 42.5 Å². The minimum atomic E-state index is -0.250. The summed E-state index contributed by atoms with van der Waals surface area (Å²) in [5.41, 5.74) is 1.83. The minimum absolute atomic E-state index is 0.219. The Hall–Kier alpha value is -2.93. The number of para-hydroxylation sites is 1. The van der Waals surface area contributed by atoms with E-state index in [0.29, 0.717) is 36.4 Å². The maximum atomic E-state index is 12.7. The number of piperidine rings is 1. The number of nitrogens with zero attached hydrogens (tertiary/aromatic N) is 1. The summed E-state index contributed by atoms with van der Waals surface area (Å²) in [7, 11) is 3.32. The molecule has 7 nitrogen and oxygen atoms in total. The van der Waals surface area contributed by atoms with E-state index in [1.54, 1.807) is 14.2 Å². The van der Waals surface area contributed by atoms with Gasteiger partial charge < -0.3 is 24.8 Å². The van der Waals surface area contributed by atoms with Crippen molar-refractivity contribution in [3.63, 3.8) is 0 Å². The first-order valence-electron chi connectivity index (χ1n) is 12.2. The van der Waals surface area contributed by atoms with Crippen LogP contribution in [0.3, 0.4) is 0 Å². The number of nitrogens with one attached hydrogen (secondary N) is 2. The van der Waals surface area contributed by atoms with Crippen LogP contribution in [-0.2, 0) is 0 Å². The van der Waals surface area contributed by atoms with E-state index in [2.05, 4.69) is 35.4 Å². The maximum Gasteiger partial charge on any atom is 0.320 e. The van der Waals surface area contributed by atoms with E-state index in [1.165, 1.54) is 5.56 Å². The highest BCUT2D eigenvalue weighted by Crippen LogP contribution is 2.35. The van der Waals surface area contributed by atoms with Gasteiger partial charge >= 0.3 is 6.03 Å². The third-order valence-electron chi connectivity index (χ3n) is 6.16. The zero-order valence-electron chi connectivity index (χ0n) is 20.9. The van der Waals surface area contributed by atoms with Crippen LogP contribution in [0, 0.1) is 5.92 Å². The number of hydrogen-bond acceptors (Lipinski definition) is 5. The Morgan fingerprint density at radius 2 is 1.85 bits per heavy atom. The van der Waals surface area contributed by atoms with Gasteiger partial charge in [-0.15, -0.1) is 0 Å². The fourth-order valence-electron chi connectivity index (χ4n) is 4.36. The summed E-state index contributed by atoms with van der Waals surface area (Å²) in [5, 5.41) is 5.94. The van der Waals surface area contributed by atoms with E-state index in [4.69, 9.17) is 14.2 Å². The molecule has 0 radical (unpaired) electrons. The fourth-order valence-corrected chi connectivity index (χ4v) is 4.36. The molecule has 1 fully saturated rings. The molecule has 1 aliphatic heterocycles. The van der Waals surface area contributed by atoms with Crippen molar-refractivity contribution < 1.29 is 19.0 Å². The summed E-state index contributed by atoms with van der Waals surface area (Å²) in [5.74, 6) is 2.83. The molecule has 2 aromatic carbocycles. The molecule has 0 spiro atoms. The molecule has 0 aliphatic carbocycles. The van der Waals surface area contributed by atoms with Crippen molar-refractivity contribution >= 4 is 11.7 Å². The van der Waals surface area contributed by atoms with Gasteiger partial charge in [0, 0.05) is 29.9 Å². The highest BCUT2D eigenvalue weighted by atomic mass is 16.5. The molecular formula is C27H39N3O4. The van der Waals surface area contributed by atoms with Gasteiger partial charge in [-0.05, 0) is 49.8 Å². The quantitative estimate of drug-likeness (QED) is 0.406. The van der Waals surface area contributed by atoms with Crippen LogP contribution in [0.4, 0.5) is 10.5 Å². The molecule has 0 saturated carbocycles. The minimum Gasteiger partial charge on any atom is -0.496 e. The van der Waals surface area contributed by atoms with Gasteiger partial charge in [-0.1, -0.05) is 38.5 Å². The number of ether oxygens (including phenoxy) is 3. The van der Waals surface area contributed by atoms with Gasteiger partial charge in [-0.2, -0.15) is 0 Å². The summed E-state index contributed by atoms with van der Waals surface area (Å²) in [4.78, 5) is 15.0. The van der Waals surface area contributed by atoms with Crippen molar-refractivity contribution in [1.82, 2.24) is 10.2 Å². The molecule has 1 atom stereocenters. The van der Waals surface area contributed by atoms with Crippen molar-refractivity contribution in [3.05, 3.63) is 48.0 Å². The maximum absolute atomic E-state index is 12.7. The Morgan fingerprint density at radius 3 is 2.62 bits per heavy atom. The van der Waals surface area contributed by atoms with E-state index >= 15 is 0 Å². The van der Waals surface area contributed by atoms with Crippen molar-refractivity contribution in [1.29, 1.82) is 0 Å². The normalized spacial score (nSPS) is 16.2. The van der Waals surface area contributed by atoms with Crippen molar-refractivity contribution in [2.75, 3.05) is 39.4 Å². The van der Waals surface area contributed by atoms with Crippen LogP contribution in [0.2, 0.25) is 0 Å². The lowest BCUT2D eigenvalue weighted by Crippen LogP contribution is -2.43. The molecular weight excluding hydrogens is 430 g/mol. The first-order valence-corrected chi connectivity index (χ1v) is 12.2. The van der Waals surface area contributed by atoms with Crippen LogP contribution in [-0.4, -0.2) is 45.0 Å². The highest BCUT2D eigenvalue weighted by Gasteiger charge is 2.26. The van der Waals surface area contributed by atoms with Crippen molar-refractivity contribution in [2.24, 2.45) is 5.92 Å². The number of likely N-dealkylation sites (tertiary alicyclic amines) is 1. The van der Waals surface area contributed by atoms with Crippen LogP contribution in [0.25, 0.3) is 0 Å². The highest BCUT2D eigenvalue weighted by molar-refractivity contribution is 5.89. The number of urea groups is 1. The molecule has 3 rings (SSSR count). The third-order valence-corrected chi connectivity index (χ3v) is 6.16. The van der Waals surface area contributed by atoms with Gasteiger partial charge in [-0.25, -0.2) is 4.79 Å². The number of hydrogen-bond donors (Lipinski definition) is 2. The molecule has 1 heterocycles. The zero-order valence-corrected chi connectivity index (χ0v) is 20.9. The van der Waals surface area contributed by atoms with Gasteiger partial charge in [0.25, 0.3) is 0 Å². The van der Waals surface area contributed by atoms with Gasteiger partial charge in [0.05, 0.1) is 27.5 Å². The summed E-state index contributed by atoms with van der Waals surface area (Å²) in [6.07, 6.45) is 5.40. The largest absolute Gasteiger partial charge is 0.496 e. The van der Waals surface area contributed by atoms with E-state index < -0.39 is 0 Å². The lowest BCUT2D eigenvalue weighted by Gasteiger charge is -2.36. The predicted molar refractivity (Wildman–Crippen MR) is 136 cm³/mol. The van der Waals surface area contributed by atoms with Crippen LogP contribution in [0.1, 0.15) is 57.6 Å². The molecule has 34 heavy (non-hydrogen) atoms. The molecule has 0 aromatic heterocycles. The lowest BCUT2D eigenvalue weighted by molar-refractivity contribution is 0.137. The number of carbonyl (C=O) groups excluding carboxylic acids is 1. The topological polar surface area (TPSA) is 72.1 Å². The molecule has 2 aromatic rings. The van der Waals surface area contributed by atoms with Crippen LogP contribution < -0.4 is 24.8 Å². The molecule has 7 heteroatoms. The second kappa shape index (κ2) is 13.1. The number of benzene rings is 2. The summed E-state index contributed by atoms with van der Waals surface area (Å²) in [6, 6.07) is 13.5. The van der Waals surface area contributed by atoms with Gasteiger partial charge in [-0.3, -0.25) is 4.90 Å². The van der Waals surface area contributed by atoms with E-state index in [0.717, 1.165) is 44.4 Å². The van der Waals surface area contributed by atoms with Gasteiger partial charge in [0.1, 0.15) is 5.75 Å². The Labute approximate surface area is 203 Å².